The van der Waals surface area contributed by atoms with Gasteiger partial charge in [-0.15, -0.1) is 0 Å². The van der Waals surface area contributed by atoms with Gasteiger partial charge < -0.3 is 10.5 Å². The lowest BCUT2D eigenvalue weighted by Crippen LogP contribution is -2.24. The quantitative estimate of drug-likeness (QED) is 0.848. The molecule has 4 heteroatoms. The first-order valence-corrected chi connectivity index (χ1v) is 7.21. The third kappa shape index (κ3) is 4.85. The van der Waals surface area contributed by atoms with E-state index in [4.69, 9.17) is 10.5 Å². The number of nitrogens with two attached hydrogens (primary N) is 1. The van der Waals surface area contributed by atoms with E-state index in [1.807, 2.05) is 49.4 Å². The second-order valence-electron chi connectivity index (χ2n) is 5.17. The normalized spacial score (nSPS) is 10.9. The van der Waals surface area contributed by atoms with Crippen molar-refractivity contribution in [1.82, 2.24) is 9.88 Å². The van der Waals surface area contributed by atoms with Gasteiger partial charge in [-0.2, -0.15) is 0 Å². The standard InChI is InChI=1S/C17H23N3O/c1-14-6-5-8-16(19-14)13-20(2)10-11-21-17-9-4-3-7-15(17)12-18/h3-9H,10-13,18H2,1-2H3. The number of likely N-dealkylation sites (N-methyl/N-ethyl adjacent to an activating group) is 1. The van der Waals surface area contributed by atoms with E-state index < -0.39 is 0 Å². The van der Waals surface area contributed by atoms with Crippen molar-refractivity contribution in [3.63, 3.8) is 0 Å². The number of aromatic nitrogens is 1. The van der Waals surface area contributed by atoms with Gasteiger partial charge in [0.05, 0.1) is 5.69 Å². The van der Waals surface area contributed by atoms with Gasteiger partial charge in [0.15, 0.2) is 0 Å². The Kier molecular flexibility index (Phi) is 5.72. The number of nitrogens with zero attached hydrogens (tertiary/aromatic N) is 2. The van der Waals surface area contributed by atoms with Crippen LogP contribution >= 0.6 is 0 Å². The van der Waals surface area contributed by atoms with Gasteiger partial charge in [0.2, 0.25) is 0 Å². The molecule has 0 aliphatic heterocycles. The minimum absolute atomic E-state index is 0.499. The number of para-hydroxylation sites is 1. The number of hydrogen-bond donors (Lipinski definition) is 1. The van der Waals surface area contributed by atoms with Crippen LogP contribution in [0.15, 0.2) is 42.5 Å². The van der Waals surface area contributed by atoms with Crippen LogP contribution in [0, 0.1) is 6.92 Å². The van der Waals surface area contributed by atoms with Crippen LogP contribution in [0.3, 0.4) is 0 Å². The Morgan fingerprint density at radius 1 is 1.14 bits per heavy atom. The van der Waals surface area contributed by atoms with Gasteiger partial charge in [-0.1, -0.05) is 24.3 Å². The molecule has 0 saturated heterocycles. The molecule has 0 bridgehead atoms. The van der Waals surface area contributed by atoms with Crippen LogP contribution in [-0.2, 0) is 13.1 Å². The third-order valence-electron chi connectivity index (χ3n) is 3.30. The minimum atomic E-state index is 0.499. The number of hydrogen-bond acceptors (Lipinski definition) is 4. The van der Waals surface area contributed by atoms with Gasteiger partial charge in [0.25, 0.3) is 0 Å². The summed E-state index contributed by atoms with van der Waals surface area (Å²) in [5.41, 5.74) is 8.88. The number of aryl methyl sites for hydroxylation is 1. The molecule has 2 rings (SSSR count). The van der Waals surface area contributed by atoms with Crippen LogP contribution in [0.1, 0.15) is 17.0 Å². The highest BCUT2D eigenvalue weighted by molar-refractivity contribution is 5.32. The van der Waals surface area contributed by atoms with Crippen LogP contribution in [0.5, 0.6) is 5.75 Å². The van der Waals surface area contributed by atoms with Crippen LogP contribution in [-0.4, -0.2) is 30.1 Å². The highest BCUT2D eigenvalue weighted by Gasteiger charge is 2.04. The molecule has 2 N–H and O–H groups in total. The molecule has 0 unspecified atom stereocenters. The van der Waals surface area contributed by atoms with Crippen LogP contribution in [0.25, 0.3) is 0 Å². The Balaban J connectivity index is 1.80. The lowest BCUT2D eigenvalue weighted by molar-refractivity contribution is 0.230. The molecule has 0 radical (unpaired) electrons. The van der Waals surface area contributed by atoms with E-state index in [1.165, 1.54) is 0 Å². The molecule has 2 aromatic rings. The van der Waals surface area contributed by atoms with Gasteiger partial charge in [0, 0.05) is 30.9 Å². The van der Waals surface area contributed by atoms with Crippen molar-refractivity contribution in [3.05, 3.63) is 59.4 Å². The van der Waals surface area contributed by atoms with Crippen LogP contribution in [0.4, 0.5) is 0 Å². The molecule has 0 aliphatic carbocycles. The van der Waals surface area contributed by atoms with Crippen molar-refractivity contribution in [2.45, 2.75) is 20.0 Å². The molecule has 1 aromatic carbocycles. The molecule has 21 heavy (non-hydrogen) atoms. The summed E-state index contributed by atoms with van der Waals surface area (Å²) in [6, 6.07) is 14.0. The first-order chi connectivity index (χ1) is 10.2. The maximum absolute atomic E-state index is 5.82. The summed E-state index contributed by atoms with van der Waals surface area (Å²) in [5, 5.41) is 0. The number of benzene rings is 1. The minimum Gasteiger partial charge on any atom is -0.492 e. The SMILES string of the molecule is Cc1cccc(CN(C)CCOc2ccccc2CN)n1. The van der Waals surface area contributed by atoms with Crippen LogP contribution in [0.2, 0.25) is 0 Å². The molecular weight excluding hydrogens is 262 g/mol. The molecule has 112 valence electrons. The van der Waals surface area contributed by atoms with Gasteiger partial charge >= 0.3 is 0 Å². The van der Waals surface area contributed by atoms with Crippen molar-refractivity contribution in [2.24, 2.45) is 5.73 Å². The van der Waals surface area contributed by atoms with E-state index >= 15 is 0 Å². The highest BCUT2D eigenvalue weighted by atomic mass is 16.5. The molecule has 0 saturated carbocycles. The molecule has 0 aliphatic rings. The zero-order chi connectivity index (χ0) is 15.1. The fourth-order valence-electron chi connectivity index (χ4n) is 2.17. The predicted molar refractivity (Wildman–Crippen MR) is 85.1 cm³/mol. The first-order valence-electron chi connectivity index (χ1n) is 7.21. The van der Waals surface area contributed by atoms with Gasteiger partial charge in [0.1, 0.15) is 12.4 Å². The average Bonchev–Trinajstić information content (AvgIpc) is 2.47. The van der Waals surface area contributed by atoms with Crippen molar-refractivity contribution < 1.29 is 4.74 Å². The fourth-order valence-corrected chi connectivity index (χ4v) is 2.17. The Labute approximate surface area is 126 Å². The maximum atomic E-state index is 5.82. The fraction of sp³-hybridized carbons (Fsp3) is 0.353. The topological polar surface area (TPSA) is 51.4 Å². The lowest BCUT2D eigenvalue weighted by Gasteiger charge is -2.17. The summed E-state index contributed by atoms with van der Waals surface area (Å²) in [6.07, 6.45) is 0. The molecule has 4 nitrogen and oxygen atoms in total. The molecular formula is C17H23N3O. The Morgan fingerprint density at radius 2 is 1.95 bits per heavy atom. The van der Waals surface area contributed by atoms with Gasteiger partial charge in [-0.05, 0) is 32.2 Å². The average molecular weight is 285 g/mol. The van der Waals surface area contributed by atoms with E-state index in [-0.39, 0.29) is 0 Å². The molecule has 0 atom stereocenters. The second-order valence-corrected chi connectivity index (χ2v) is 5.17. The van der Waals surface area contributed by atoms with E-state index in [9.17, 15) is 0 Å². The molecule has 0 amide bonds. The maximum Gasteiger partial charge on any atom is 0.123 e. The summed E-state index contributed by atoms with van der Waals surface area (Å²) in [4.78, 5) is 6.71. The lowest BCUT2D eigenvalue weighted by atomic mass is 10.2. The Bertz CT molecular complexity index is 571. The first kappa shape index (κ1) is 15.5. The Morgan fingerprint density at radius 3 is 2.71 bits per heavy atom. The van der Waals surface area contributed by atoms with E-state index in [1.54, 1.807) is 0 Å². The van der Waals surface area contributed by atoms with Gasteiger partial charge in [-0.3, -0.25) is 9.88 Å². The zero-order valence-electron chi connectivity index (χ0n) is 12.7. The zero-order valence-corrected chi connectivity index (χ0v) is 12.7. The summed E-state index contributed by atoms with van der Waals surface area (Å²) in [5.74, 6) is 0.877. The summed E-state index contributed by atoms with van der Waals surface area (Å²) in [7, 11) is 2.07. The van der Waals surface area contributed by atoms with E-state index in [0.29, 0.717) is 13.2 Å². The van der Waals surface area contributed by atoms with E-state index in [0.717, 1.165) is 35.8 Å². The molecule has 0 spiro atoms. The van der Waals surface area contributed by atoms with Crippen molar-refractivity contribution in [1.29, 1.82) is 0 Å². The summed E-state index contributed by atoms with van der Waals surface area (Å²) >= 11 is 0. The van der Waals surface area contributed by atoms with Crippen LogP contribution < -0.4 is 10.5 Å². The van der Waals surface area contributed by atoms with Crippen molar-refractivity contribution >= 4 is 0 Å². The third-order valence-corrected chi connectivity index (χ3v) is 3.30. The Hall–Kier alpha value is -1.91. The number of rotatable bonds is 7. The monoisotopic (exact) mass is 285 g/mol. The largest absolute Gasteiger partial charge is 0.492 e. The second kappa shape index (κ2) is 7.76. The molecule has 1 aromatic heterocycles. The smallest absolute Gasteiger partial charge is 0.123 e. The summed E-state index contributed by atoms with van der Waals surface area (Å²) in [6.45, 7) is 4.81. The summed E-state index contributed by atoms with van der Waals surface area (Å²) < 4.78 is 5.82. The molecule has 1 heterocycles. The van der Waals surface area contributed by atoms with E-state index in [2.05, 4.69) is 16.9 Å². The number of ether oxygens (including phenoxy) is 1. The van der Waals surface area contributed by atoms with Crippen molar-refractivity contribution in [3.8, 4) is 5.75 Å². The predicted octanol–water partition coefficient (Wildman–Crippen LogP) is 2.36. The van der Waals surface area contributed by atoms with Gasteiger partial charge in [-0.25, -0.2) is 0 Å². The number of pyridine rings is 1. The molecule has 0 fully saturated rings. The van der Waals surface area contributed by atoms with Crippen molar-refractivity contribution in [2.75, 3.05) is 20.2 Å². The highest BCUT2D eigenvalue weighted by Crippen LogP contribution is 2.16.